The van der Waals surface area contributed by atoms with Crippen LogP contribution in [0.5, 0.6) is 0 Å². The molecule has 0 radical (unpaired) electrons. The van der Waals surface area contributed by atoms with E-state index >= 15 is 0 Å². The van der Waals surface area contributed by atoms with Crippen molar-refractivity contribution in [3.05, 3.63) is 0 Å². The van der Waals surface area contributed by atoms with Gasteiger partial charge in [-0.05, 0) is 6.42 Å². The summed E-state index contributed by atoms with van der Waals surface area (Å²) in [7, 11) is 9.34. The van der Waals surface area contributed by atoms with Gasteiger partial charge in [-0.3, -0.25) is 0 Å². The van der Waals surface area contributed by atoms with Crippen molar-refractivity contribution in [3.8, 4) is 0 Å². The molecule has 0 unspecified atom stereocenters. The van der Waals surface area contributed by atoms with Crippen LogP contribution in [-0.4, -0.2) is 22.7 Å². The van der Waals surface area contributed by atoms with Gasteiger partial charge < -0.3 is 16.1 Å². The van der Waals surface area contributed by atoms with E-state index in [1.54, 1.807) is 0 Å². The van der Waals surface area contributed by atoms with Crippen molar-refractivity contribution in [1.82, 2.24) is 0 Å². The molecule has 0 fully saturated rings. The van der Waals surface area contributed by atoms with Crippen LogP contribution in [0.3, 0.4) is 0 Å². The molecule has 0 rings (SSSR count). The maximum absolute atomic E-state index is 8.07. The van der Waals surface area contributed by atoms with Gasteiger partial charge in [-0.15, -0.1) is 0 Å². The van der Waals surface area contributed by atoms with Crippen molar-refractivity contribution >= 4 is 20.2 Å². The van der Waals surface area contributed by atoms with E-state index in [0.717, 1.165) is 26.0 Å². The van der Waals surface area contributed by atoms with Crippen LogP contribution in [0.15, 0.2) is 0 Å². The number of unbranched alkanes of at least 4 members (excludes halogenated alkanes) is 1. The van der Waals surface area contributed by atoms with E-state index in [0.29, 0.717) is 6.61 Å². The monoisotopic (exact) mass is 243 g/mol. The summed E-state index contributed by atoms with van der Waals surface area (Å²) < 4.78 is 0. The van der Waals surface area contributed by atoms with Gasteiger partial charge in [0.05, 0.1) is 0 Å². The van der Waals surface area contributed by atoms with Gasteiger partial charge in [-0.25, -0.2) is 0 Å². The van der Waals surface area contributed by atoms with E-state index in [4.69, 9.17) is 5.11 Å². The summed E-state index contributed by atoms with van der Waals surface area (Å²) in [5.74, 6) is 0. The van der Waals surface area contributed by atoms with Crippen LogP contribution in [0, 0.1) is 0 Å². The molecule has 0 amide bonds. The van der Waals surface area contributed by atoms with Gasteiger partial charge in [0.1, 0.15) is 0 Å². The topological polar surface area (TPSA) is 83.2 Å². The fraction of sp³-hybridized carbons (Fsp3) is 1.00. The molecule has 0 aromatic rings. The molecule has 3 nitrogen and oxygen atoms in total. The minimum atomic E-state index is 0. The summed E-state index contributed by atoms with van der Waals surface area (Å²) in [6.45, 7) is 2.40. The van der Waals surface area contributed by atoms with Crippen LogP contribution in [0.1, 0.15) is 19.8 Å². The fourth-order valence-electron chi connectivity index (χ4n) is 0.158. The third-order valence-corrected chi connectivity index (χ3v) is 0.512. The molecule has 0 atom stereocenters. The van der Waals surface area contributed by atoms with Gasteiger partial charge >= 0.3 is 33.3 Å². The summed E-state index contributed by atoms with van der Waals surface area (Å²) in [6.07, 6.45) is 2.04. The molecule has 0 heterocycles. The van der Waals surface area contributed by atoms with Crippen molar-refractivity contribution in [2.45, 2.75) is 19.8 Å². The number of hydrogen-bond acceptors (Lipinski definition) is 1. The molecule has 73 valence electrons. The second-order valence-corrected chi connectivity index (χ2v) is 2.68. The number of halogens is 2. The van der Waals surface area contributed by atoms with Crippen LogP contribution >= 0.6 is 20.2 Å². The quantitative estimate of drug-likeness (QED) is 0.705. The predicted octanol–water partition coefficient (Wildman–Crippen LogP) is 0.506. The van der Waals surface area contributed by atoms with Crippen LogP contribution in [-0.2, 0) is 13.1 Å². The van der Waals surface area contributed by atoms with Crippen LogP contribution in [0.25, 0.3) is 0 Å². The second kappa shape index (κ2) is 32.5. The molecule has 0 aliphatic carbocycles. The Morgan fingerprint density at radius 2 is 1.60 bits per heavy atom. The van der Waals surface area contributed by atoms with Gasteiger partial charge in [0.15, 0.2) is 0 Å². The summed E-state index contributed by atoms with van der Waals surface area (Å²) >= 11 is 0.757. The Hall–Kier alpha value is 0.979. The molecular formula is C4H14Cl2CuO3. The summed E-state index contributed by atoms with van der Waals surface area (Å²) in [5, 5.41) is 8.07. The van der Waals surface area contributed by atoms with Crippen molar-refractivity contribution in [2.24, 2.45) is 0 Å². The number of hydrogen-bond donors (Lipinski definition) is 1. The van der Waals surface area contributed by atoms with Gasteiger partial charge in [-0.1, -0.05) is 13.3 Å². The Morgan fingerprint density at radius 1 is 1.30 bits per heavy atom. The van der Waals surface area contributed by atoms with E-state index < -0.39 is 0 Å². The summed E-state index contributed by atoms with van der Waals surface area (Å²) in [5.41, 5.74) is 0. The standard InChI is InChI=1S/C4H10O.2ClH.Cu.2H2O/c1-2-3-4-5;;;;;/h5H,2-4H2,1H3;2*1H;;2*1H2/q;;;+2;;/p-2. The molecule has 0 aromatic carbocycles. The zero-order chi connectivity index (χ0) is 6.83. The minimum absolute atomic E-state index is 0. The molecule has 0 bridgehead atoms. The Balaban J connectivity index is -0.0000000326. The normalized spacial score (nSPS) is 6.40. The Labute approximate surface area is 75.9 Å². The molecule has 0 aliphatic heterocycles. The molecular weight excluding hydrogens is 230 g/mol. The molecule has 5 N–H and O–H groups in total. The van der Waals surface area contributed by atoms with Gasteiger partial charge in [0.25, 0.3) is 0 Å². The molecule has 0 saturated carbocycles. The van der Waals surface area contributed by atoms with Crippen molar-refractivity contribution in [2.75, 3.05) is 6.61 Å². The number of rotatable bonds is 2. The molecule has 10 heavy (non-hydrogen) atoms. The van der Waals surface area contributed by atoms with E-state index in [1.165, 1.54) is 0 Å². The third-order valence-electron chi connectivity index (χ3n) is 0.512. The average molecular weight is 245 g/mol. The SMILES string of the molecule is CCCCO.O.O.[Cl][Cu][Cl]. The number of aliphatic hydroxyl groups is 1. The summed E-state index contributed by atoms with van der Waals surface area (Å²) in [6, 6.07) is 0. The van der Waals surface area contributed by atoms with E-state index in [9.17, 15) is 0 Å². The Morgan fingerprint density at radius 3 is 1.60 bits per heavy atom. The molecule has 6 heteroatoms. The van der Waals surface area contributed by atoms with Gasteiger partial charge in [-0.2, -0.15) is 0 Å². The van der Waals surface area contributed by atoms with Crippen molar-refractivity contribution < 1.29 is 29.2 Å². The number of aliphatic hydroxyl groups excluding tert-OH is 1. The van der Waals surface area contributed by atoms with Crippen molar-refractivity contribution in [3.63, 3.8) is 0 Å². The van der Waals surface area contributed by atoms with Crippen LogP contribution < -0.4 is 0 Å². The zero-order valence-corrected chi connectivity index (χ0v) is 8.08. The molecule has 0 spiro atoms. The first-order valence-corrected chi connectivity index (χ1v) is 4.84. The van der Waals surface area contributed by atoms with E-state index in [2.05, 4.69) is 27.1 Å². The first-order valence-electron chi connectivity index (χ1n) is 2.25. The Kier molecular flexibility index (Phi) is 72.8. The molecule has 0 aliphatic rings. The van der Waals surface area contributed by atoms with Gasteiger partial charge in [0, 0.05) is 6.61 Å². The molecule has 0 aromatic heterocycles. The van der Waals surface area contributed by atoms with Crippen LogP contribution in [0.2, 0.25) is 0 Å². The first kappa shape index (κ1) is 22.4. The van der Waals surface area contributed by atoms with E-state index in [-0.39, 0.29) is 11.0 Å². The van der Waals surface area contributed by atoms with Crippen LogP contribution in [0.4, 0.5) is 0 Å². The van der Waals surface area contributed by atoms with Gasteiger partial charge in [0.2, 0.25) is 0 Å². The Bertz CT molecular complexity index is 32.5. The third kappa shape index (κ3) is 64.4. The van der Waals surface area contributed by atoms with E-state index in [1.807, 2.05) is 0 Å². The maximum atomic E-state index is 8.07. The average Bonchev–Trinajstić information content (AvgIpc) is 1.71. The zero-order valence-electron chi connectivity index (χ0n) is 5.63. The summed E-state index contributed by atoms with van der Waals surface area (Å²) in [4.78, 5) is 0. The first-order chi connectivity index (χ1) is 3.83. The second-order valence-electron chi connectivity index (χ2n) is 1.12. The molecule has 0 saturated heterocycles. The van der Waals surface area contributed by atoms with Crippen molar-refractivity contribution in [1.29, 1.82) is 0 Å². The predicted molar refractivity (Wildman–Crippen MR) is 40.9 cm³/mol. The fourth-order valence-corrected chi connectivity index (χ4v) is 0.158.